The van der Waals surface area contributed by atoms with Crippen LogP contribution in [0.5, 0.6) is 0 Å². The Morgan fingerprint density at radius 3 is 2.47 bits per heavy atom. The molecule has 1 unspecified atom stereocenters. The maximum Gasteiger partial charge on any atom is 0.0683 e. The van der Waals surface area contributed by atoms with Gasteiger partial charge in [0, 0.05) is 11.2 Å². The van der Waals surface area contributed by atoms with Crippen molar-refractivity contribution in [2.75, 3.05) is 6.61 Å². The van der Waals surface area contributed by atoms with Gasteiger partial charge in [0.2, 0.25) is 0 Å². The zero-order chi connectivity index (χ0) is 13.1. The van der Waals surface area contributed by atoms with Gasteiger partial charge in [-0.2, -0.15) is 0 Å². The van der Waals surface area contributed by atoms with Crippen LogP contribution in [0, 0.1) is 5.92 Å². The van der Waals surface area contributed by atoms with E-state index in [1.54, 1.807) is 0 Å². The molecule has 0 heterocycles. The van der Waals surface area contributed by atoms with E-state index < -0.39 is 0 Å². The van der Waals surface area contributed by atoms with Crippen LogP contribution in [0.2, 0.25) is 0 Å². The van der Waals surface area contributed by atoms with Gasteiger partial charge in [-0.25, -0.2) is 0 Å². The van der Waals surface area contributed by atoms with Crippen molar-refractivity contribution in [2.24, 2.45) is 5.92 Å². The fraction of sp³-hybridized carbons (Fsp3) is 0.733. The first-order valence-corrected chi connectivity index (χ1v) is 6.57. The summed E-state index contributed by atoms with van der Waals surface area (Å²) in [6.07, 6.45) is 5.82. The van der Waals surface area contributed by atoms with Gasteiger partial charge in [0.15, 0.2) is 0 Å². The average Bonchev–Trinajstić information content (AvgIpc) is 2.17. The molecule has 2 heteroatoms. The Labute approximate surface area is 106 Å². The molecule has 0 radical (unpaired) electrons. The first-order valence-electron chi connectivity index (χ1n) is 6.57. The molecule has 0 saturated carbocycles. The van der Waals surface area contributed by atoms with Gasteiger partial charge < -0.3 is 10.1 Å². The van der Waals surface area contributed by atoms with E-state index in [0.717, 1.165) is 13.0 Å². The molecule has 1 aliphatic carbocycles. The lowest BCUT2D eigenvalue weighted by Crippen LogP contribution is -2.37. The Morgan fingerprint density at radius 2 is 2.00 bits per heavy atom. The summed E-state index contributed by atoms with van der Waals surface area (Å²) in [5.41, 5.74) is 2.87. The van der Waals surface area contributed by atoms with Crippen LogP contribution in [0.25, 0.3) is 0 Å². The molecular weight excluding hydrogens is 210 g/mol. The molecule has 1 N–H and O–H groups in total. The fourth-order valence-corrected chi connectivity index (χ4v) is 1.92. The highest BCUT2D eigenvalue weighted by Crippen LogP contribution is 2.25. The third-order valence-corrected chi connectivity index (χ3v) is 2.72. The van der Waals surface area contributed by atoms with Gasteiger partial charge in [-0.1, -0.05) is 13.0 Å². The summed E-state index contributed by atoms with van der Waals surface area (Å²) in [5, 5.41) is 3.57. The van der Waals surface area contributed by atoms with E-state index in [0.29, 0.717) is 12.0 Å². The molecule has 98 valence electrons. The average molecular weight is 237 g/mol. The lowest BCUT2D eigenvalue weighted by molar-refractivity contribution is 0.0948. The van der Waals surface area contributed by atoms with Crippen molar-refractivity contribution in [2.45, 2.75) is 59.6 Å². The van der Waals surface area contributed by atoms with E-state index in [2.05, 4.69) is 59.0 Å². The normalized spacial score (nSPS) is 21.2. The van der Waals surface area contributed by atoms with Gasteiger partial charge in [0.1, 0.15) is 0 Å². The first-order chi connectivity index (χ1) is 7.78. The van der Waals surface area contributed by atoms with Crippen LogP contribution in [-0.4, -0.2) is 18.2 Å². The van der Waals surface area contributed by atoms with Crippen LogP contribution in [0.3, 0.4) is 0 Å². The van der Waals surface area contributed by atoms with Crippen molar-refractivity contribution in [1.82, 2.24) is 5.32 Å². The molecule has 0 aromatic rings. The van der Waals surface area contributed by atoms with E-state index in [1.807, 2.05) is 0 Å². The Kier molecular flexibility index (Phi) is 4.81. The SMILES string of the molecule is CC(C)OCC1=CC=C(NC(C)(C)C)C(C)C1. The number of allylic oxidation sites excluding steroid dienone is 3. The minimum atomic E-state index is 0.139. The number of rotatable bonds is 4. The van der Waals surface area contributed by atoms with E-state index in [-0.39, 0.29) is 5.54 Å². The molecule has 0 aliphatic heterocycles. The fourth-order valence-electron chi connectivity index (χ4n) is 1.92. The Hall–Kier alpha value is -0.760. The van der Waals surface area contributed by atoms with E-state index in [4.69, 9.17) is 4.74 Å². The van der Waals surface area contributed by atoms with Crippen LogP contribution in [0.1, 0.15) is 48.0 Å². The van der Waals surface area contributed by atoms with Gasteiger partial charge >= 0.3 is 0 Å². The lowest BCUT2D eigenvalue weighted by atomic mass is 9.91. The lowest BCUT2D eigenvalue weighted by Gasteiger charge is -2.30. The minimum absolute atomic E-state index is 0.139. The van der Waals surface area contributed by atoms with Crippen molar-refractivity contribution in [1.29, 1.82) is 0 Å². The first kappa shape index (κ1) is 14.3. The zero-order valence-electron chi connectivity index (χ0n) is 12.1. The predicted molar refractivity (Wildman–Crippen MR) is 73.9 cm³/mol. The molecular formula is C15H27NO. The maximum absolute atomic E-state index is 5.65. The van der Waals surface area contributed by atoms with Gasteiger partial charge in [-0.05, 0) is 58.6 Å². The van der Waals surface area contributed by atoms with Crippen LogP contribution < -0.4 is 5.32 Å². The van der Waals surface area contributed by atoms with E-state index in [9.17, 15) is 0 Å². The summed E-state index contributed by atoms with van der Waals surface area (Å²) in [6, 6.07) is 0. The Bertz CT molecular complexity index is 307. The summed E-state index contributed by atoms with van der Waals surface area (Å²) >= 11 is 0. The van der Waals surface area contributed by atoms with Crippen molar-refractivity contribution in [3.8, 4) is 0 Å². The minimum Gasteiger partial charge on any atom is -0.384 e. The molecule has 0 bridgehead atoms. The largest absolute Gasteiger partial charge is 0.384 e. The molecule has 0 spiro atoms. The molecule has 2 nitrogen and oxygen atoms in total. The monoisotopic (exact) mass is 237 g/mol. The summed E-state index contributed by atoms with van der Waals surface area (Å²) < 4.78 is 5.65. The maximum atomic E-state index is 5.65. The summed E-state index contributed by atoms with van der Waals surface area (Å²) in [5.74, 6) is 0.560. The summed E-state index contributed by atoms with van der Waals surface area (Å²) in [6.45, 7) is 13.8. The van der Waals surface area contributed by atoms with Crippen molar-refractivity contribution in [3.05, 3.63) is 23.4 Å². The summed E-state index contributed by atoms with van der Waals surface area (Å²) in [7, 11) is 0. The van der Waals surface area contributed by atoms with Crippen LogP contribution >= 0.6 is 0 Å². The Balaban J connectivity index is 2.59. The standard InChI is InChI=1S/C15H27NO/c1-11(2)17-10-13-7-8-14(12(3)9-13)16-15(4,5)6/h7-8,11-12,16H,9-10H2,1-6H3. The molecule has 1 rings (SSSR count). The molecule has 17 heavy (non-hydrogen) atoms. The van der Waals surface area contributed by atoms with Gasteiger partial charge in [0.25, 0.3) is 0 Å². The van der Waals surface area contributed by atoms with E-state index in [1.165, 1.54) is 11.3 Å². The van der Waals surface area contributed by atoms with Gasteiger partial charge in [-0.15, -0.1) is 0 Å². The van der Waals surface area contributed by atoms with Crippen molar-refractivity contribution < 1.29 is 4.74 Å². The smallest absolute Gasteiger partial charge is 0.0683 e. The number of hydrogen-bond acceptors (Lipinski definition) is 2. The molecule has 0 aromatic heterocycles. The number of hydrogen-bond donors (Lipinski definition) is 1. The molecule has 0 fully saturated rings. The van der Waals surface area contributed by atoms with Crippen LogP contribution in [0.4, 0.5) is 0 Å². The number of ether oxygens (including phenoxy) is 1. The highest BCUT2D eigenvalue weighted by Gasteiger charge is 2.19. The highest BCUT2D eigenvalue weighted by atomic mass is 16.5. The van der Waals surface area contributed by atoms with Crippen molar-refractivity contribution in [3.63, 3.8) is 0 Å². The van der Waals surface area contributed by atoms with Crippen LogP contribution in [0.15, 0.2) is 23.4 Å². The second-order valence-electron chi connectivity index (χ2n) is 6.29. The number of nitrogens with one attached hydrogen (secondary N) is 1. The zero-order valence-corrected chi connectivity index (χ0v) is 12.1. The molecule has 1 atom stereocenters. The van der Waals surface area contributed by atoms with Crippen molar-refractivity contribution >= 4 is 0 Å². The van der Waals surface area contributed by atoms with Crippen LogP contribution in [-0.2, 0) is 4.74 Å². The van der Waals surface area contributed by atoms with E-state index >= 15 is 0 Å². The molecule has 0 amide bonds. The second-order valence-corrected chi connectivity index (χ2v) is 6.29. The quantitative estimate of drug-likeness (QED) is 0.806. The molecule has 0 aromatic carbocycles. The summed E-state index contributed by atoms with van der Waals surface area (Å²) in [4.78, 5) is 0. The Morgan fingerprint density at radius 1 is 1.35 bits per heavy atom. The molecule has 0 saturated heterocycles. The highest BCUT2D eigenvalue weighted by molar-refractivity contribution is 5.26. The predicted octanol–water partition coefficient (Wildman–Crippen LogP) is 3.65. The molecule has 1 aliphatic rings. The van der Waals surface area contributed by atoms with Gasteiger partial charge in [-0.3, -0.25) is 0 Å². The third-order valence-electron chi connectivity index (χ3n) is 2.72. The second kappa shape index (κ2) is 5.72. The third kappa shape index (κ3) is 5.40. The van der Waals surface area contributed by atoms with Gasteiger partial charge in [0.05, 0.1) is 12.7 Å². The topological polar surface area (TPSA) is 21.3 Å².